The van der Waals surface area contributed by atoms with Gasteiger partial charge in [0.05, 0.1) is 0 Å². The van der Waals surface area contributed by atoms with Crippen LogP contribution >= 0.6 is 0 Å². The van der Waals surface area contributed by atoms with Crippen molar-refractivity contribution in [3.8, 4) is 17.2 Å². The van der Waals surface area contributed by atoms with Gasteiger partial charge in [0, 0.05) is 5.41 Å². The molecule has 0 aliphatic rings. The van der Waals surface area contributed by atoms with E-state index in [1.807, 2.05) is 50.2 Å². The molecule has 0 unspecified atom stereocenters. The van der Waals surface area contributed by atoms with Crippen molar-refractivity contribution >= 4 is 0 Å². The quantitative estimate of drug-likeness (QED) is 0.573. The number of phenolic OH excluding ortho intramolecular Hbond substituents is 3. The van der Waals surface area contributed by atoms with Crippen LogP contribution in [0.15, 0.2) is 60.7 Å². The van der Waals surface area contributed by atoms with Crippen LogP contribution in [0, 0.1) is 13.8 Å². The number of aromatic hydroxyl groups is 3. The minimum Gasteiger partial charge on any atom is -0.508 e. The molecule has 3 N–H and O–H groups in total. The molecule has 0 spiro atoms. The molecule has 27 heavy (non-hydrogen) atoms. The van der Waals surface area contributed by atoms with Gasteiger partial charge in [-0.05, 0) is 78.8 Å². The Morgan fingerprint density at radius 3 is 1.63 bits per heavy atom. The summed E-state index contributed by atoms with van der Waals surface area (Å²) < 4.78 is 0. The van der Waals surface area contributed by atoms with Gasteiger partial charge >= 0.3 is 0 Å². The van der Waals surface area contributed by atoms with Gasteiger partial charge in [-0.15, -0.1) is 0 Å². The van der Waals surface area contributed by atoms with E-state index < -0.39 is 0 Å². The van der Waals surface area contributed by atoms with Gasteiger partial charge < -0.3 is 15.3 Å². The Hall–Kier alpha value is -2.94. The van der Waals surface area contributed by atoms with E-state index >= 15 is 0 Å². The molecule has 3 nitrogen and oxygen atoms in total. The van der Waals surface area contributed by atoms with Gasteiger partial charge in [0.15, 0.2) is 0 Å². The molecule has 140 valence electrons. The summed E-state index contributed by atoms with van der Waals surface area (Å²) >= 11 is 0. The lowest BCUT2D eigenvalue weighted by Gasteiger charge is -2.32. The standard InChI is InChI=1S/C24H26O3/c1-16-14-19(6-10-22(16)26)24(3,20-7-11-23(27)17(2)15-20)13-12-18-4-8-21(25)9-5-18/h4-11,14-15,25-27H,12-13H2,1-3H3. The topological polar surface area (TPSA) is 60.7 Å². The minimum absolute atomic E-state index is 0.268. The Bertz CT molecular complexity index is 891. The van der Waals surface area contributed by atoms with Crippen LogP contribution in [0.4, 0.5) is 0 Å². The van der Waals surface area contributed by atoms with Crippen LogP contribution in [0.5, 0.6) is 17.2 Å². The van der Waals surface area contributed by atoms with Gasteiger partial charge in [0.1, 0.15) is 17.2 Å². The average molecular weight is 362 g/mol. The fourth-order valence-corrected chi connectivity index (χ4v) is 3.51. The Morgan fingerprint density at radius 1 is 0.704 bits per heavy atom. The van der Waals surface area contributed by atoms with Gasteiger partial charge in [0.25, 0.3) is 0 Å². The lowest BCUT2D eigenvalue weighted by molar-refractivity contribution is 0.466. The summed E-state index contributed by atoms with van der Waals surface area (Å²) in [7, 11) is 0. The molecular weight excluding hydrogens is 336 g/mol. The molecule has 0 radical (unpaired) electrons. The molecule has 3 heteroatoms. The second kappa shape index (κ2) is 7.36. The van der Waals surface area contributed by atoms with E-state index in [9.17, 15) is 15.3 Å². The van der Waals surface area contributed by atoms with E-state index in [2.05, 4.69) is 6.92 Å². The largest absolute Gasteiger partial charge is 0.508 e. The van der Waals surface area contributed by atoms with E-state index in [0.717, 1.165) is 40.7 Å². The molecule has 0 bridgehead atoms. The average Bonchev–Trinajstić information content (AvgIpc) is 2.65. The van der Waals surface area contributed by atoms with E-state index in [4.69, 9.17) is 0 Å². The smallest absolute Gasteiger partial charge is 0.118 e. The summed E-state index contributed by atoms with van der Waals surface area (Å²) in [6.07, 6.45) is 1.70. The molecule has 0 saturated heterocycles. The van der Waals surface area contributed by atoms with Crippen LogP contribution in [-0.4, -0.2) is 15.3 Å². The van der Waals surface area contributed by atoms with Crippen LogP contribution in [0.1, 0.15) is 41.2 Å². The van der Waals surface area contributed by atoms with Gasteiger partial charge in [0.2, 0.25) is 0 Å². The molecule has 0 aliphatic carbocycles. The number of aryl methyl sites for hydroxylation is 3. The molecule has 0 fully saturated rings. The molecule has 3 aromatic carbocycles. The van der Waals surface area contributed by atoms with E-state index in [-0.39, 0.29) is 11.2 Å². The van der Waals surface area contributed by atoms with Gasteiger partial charge in [-0.3, -0.25) is 0 Å². The van der Waals surface area contributed by atoms with Crippen molar-refractivity contribution < 1.29 is 15.3 Å². The second-order valence-electron chi connectivity index (χ2n) is 7.50. The monoisotopic (exact) mass is 362 g/mol. The third kappa shape index (κ3) is 3.92. The second-order valence-corrected chi connectivity index (χ2v) is 7.50. The molecule has 0 atom stereocenters. The van der Waals surface area contributed by atoms with Crippen molar-refractivity contribution in [2.75, 3.05) is 0 Å². The maximum absolute atomic E-state index is 9.94. The summed E-state index contributed by atoms with van der Waals surface area (Å²) in [5.41, 5.74) is 4.82. The molecule has 3 rings (SSSR count). The highest BCUT2D eigenvalue weighted by atomic mass is 16.3. The zero-order chi connectivity index (χ0) is 19.6. The van der Waals surface area contributed by atoms with Crippen LogP contribution in [0.2, 0.25) is 0 Å². The zero-order valence-corrected chi connectivity index (χ0v) is 16.0. The first-order chi connectivity index (χ1) is 12.8. The Morgan fingerprint density at radius 2 is 1.19 bits per heavy atom. The third-order valence-electron chi connectivity index (χ3n) is 5.52. The first-order valence-electron chi connectivity index (χ1n) is 9.18. The van der Waals surface area contributed by atoms with Gasteiger partial charge in [-0.2, -0.15) is 0 Å². The highest BCUT2D eigenvalue weighted by molar-refractivity contribution is 5.47. The first kappa shape index (κ1) is 18.8. The lowest BCUT2D eigenvalue weighted by atomic mass is 9.71. The van der Waals surface area contributed by atoms with Crippen LogP contribution in [0.25, 0.3) is 0 Å². The number of rotatable bonds is 5. The third-order valence-corrected chi connectivity index (χ3v) is 5.52. The van der Waals surface area contributed by atoms with Gasteiger partial charge in [-0.1, -0.05) is 43.3 Å². The molecule has 0 aromatic heterocycles. The molecule has 3 aromatic rings. The van der Waals surface area contributed by atoms with Crippen molar-refractivity contribution in [2.45, 2.75) is 39.0 Å². The molecule has 0 heterocycles. The Kier molecular flexibility index (Phi) is 5.13. The minimum atomic E-state index is -0.283. The van der Waals surface area contributed by atoms with E-state index in [1.54, 1.807) is 24.3 Å². The van der Waals surface area contributed by atoms with Crippen molar-refractivity contribution in [2.24, 2.45) is 0 Å². The predicted octanol–water partition coefficient (Wildman–Crippen LogP) is 5.36. The lowest BCUT2D eigenvalue weighted by Crippen LogP contribution is -2.25. The highest BCUT2D eigenvalue weighted by Crippen LogP contribution is 2.39. The number of benzene rings is 3. The van der Waals surface area contributed by atoms with Crippen molar-refractivity contribution in [1.82, 2.24) is 0 Å². The van der Waals surface area contributed by atoms with Crippen LogP contribution in [0.3, 0.4) is 0 Å². The van der Waals surface area contributed by atoms with E-state index in [1.165, 1.54) is 0 Å². The van der Waals surface area contributed by atoms with Crippen LogP contribution < -0.4 is 0 Å². The summed E-state index contributed by atoms with van der Waals surface area (Å²) in [6, 6.07) is 18.8. The van der Waals surface area contributed by atoms with Gasteiger partial charge in [-0.25, -0.2) is 0 Å². The number of phenols is 3. The maximum atomic E-state index is 9.94. The summed E-state index contributed by atoms with van der Waals surface area (Å²) in [5.74, 6) is 0.855. The number of hydrogen-bond acceptors (Lipinski definition) is 3. The van der Waals surface area contributed by atoms with Crippen molar-refractivity contribution in [3.63, 3.8) is 0 Å². The summed E-state index contributed by atoms with van der Waals surface area (Å²) in [5, 5.41) is 29.4. The Balaban J connectivity index is 2.02. The maximum Gasteiger partial charge on any atom is 0.118 e. The summed E-state index contributed by atoms with van der Waals surface area (Å²) in [6.45, 7) is 6.01. The number of hydrogen-bond donors (Lipinski definition) is 3. The molecule has 0 aliphatic heterocycles. The van der Waals surface area contributed by atoms with Crippen molar-refractivity contribution in [3.05, 3.63) is 88.5 Å². The first-order valence-corrected chi connectivity index (χ1v) is 9.18. The molecule has 0 saturated carbocycles. The highest BCUT2D eigenvalue weighted by Gasteiger charge is 2.29. The van der Waals surface area contributed by atoms with Crippen LogP contribution in [-0.2, 0) is 11.8 Å². The molecule has 0 amide bonds. The fraction of sp³-hybridized carbons (Fsp3) is 0.250. The van der Waals surface area contributed by atoms with Crippen molar-refractivity contribution in [1.29, 1.82) is 0 Å². The zero-order valence-electron chi connectivity index (χ0n) is 16.0. The predicted molar refractivity (Wildman–Crippen MR) is 109 cm³/mol. The fourth-order valence-electron chi connectivity index (χ4n) is 3.51. The normalized spacial score (nSPS) is 11.5. The summed E-state index contributed by atoms with van der Waals surface area (Å²) in [4.78, 5) is 0. The SMILES string of the molecule is Cc1cc(C(C)(CCc2ccc(O)cc2)c2ccc(O)c(C)c2)ccc1O. The molecular formula is C24H26O3. The van der Waals surface area contributed by atoms with E-state index in [0.29, 0.717) is 11.5 Å². The Labute approximate surface area is 160 Å².